The number of benzene rings is 7. The Morgan fingerprint density at radius 1 is 0.435 bits per heavy atom. The highest BCUT2D eigenvalue weighted by Crippen LogP contribution is 2.55. The third-order valence-electron chi connectivity index (χ3n) is 13.1. The molecular weight excluding hydrogens is 774 g/mol. The van der Waals surface area contributed by atoms with Crippen LogP contribution in [-0.2, 0) is 16.2 Å². The summed E-state index contributed by atoms with van der Waals surface area (Å²) in [5.41, 5.74) is 18.7. The van der Waals surface area contributed by atoms with Gasteiger partial charge in [0.2, 0.25) is 0 Å². The quantitative estimate of drug-likeness (QED) is 0.165. The lowest BCUT2D eigenvalue weighted by atomic mass is 9.35. The second-order valence-electron chi connectivity index (χ2n) is 20.3. The molecule has 6 heteroatoms. The molecule has 0 bridgehead atoms. The van der Waals surface area contributed by atoms with Crippen LogP contribution in [0.3, 0.4) is 0 Å². The van der Waals surface area contributed by atoms with E-state index in [1.165, 1.54) is 60.2 Å². The van der Waals surface area contributed by atoms with Gasteiger partial charge in [-0.3, -0.25) is 0 Å². The van der Waals surface area contributed by atoms with Gasteiger partial charge in [-0.05, 0) is 117 Å². The van der Waals surface area contributed by atoms with Crippen molar-refractivity contribution in [2.24, 2.45) is 0 Å². The number of nitrogens with zero attached hydrogens (tertiary/aromatic N) is 3. The molecular formula is C56H52BN3OS. The van der Waals surface area contributed by atoms with Gasteiger partial charge in [0.1, 0.15) is 5.58 Å². The van der Waals surface area contributed by atoms with Gasteiger partial charge in [0.25, 0.3) is 6.71 Å². The Morgan fingerprint density at radius 3 is 1.61 bits per heavy atom. The van der Waals surface area contributed by atoms with Gasteiger partial charge in [-0.1, -0.05) is 147 Å². The highest BCUT2D eigenvalue weighted by molar-refractivity contribution is 7.99. The zero-order valence-corrected chi connectivity index (χ0v) is 38.0. The topological polar surface area (TPSA) is 22.9 Å². The lowest BCUT2D eigenvalue weighted by molar-refractivity contribution is 0.590. The standard InChI is InChI=1S/C56H52BN3OS/c1-54(2,3)35-22-27-39(28-23-35)58-43-31-26-37(56(7,8)9)32-42(43)57-51-45(58)19-15-20-46(51)60(40-29-24-36(25-30-40)55(4,5)6)52-41-33-50-47(34-48(41)61-53(52)57)59(38-16-11-10-12-17-38)44-18-13-14-21-49(44)62-50/h10-34H,1-9H3. The number of hydrogen-bond acceptors (Lipinski definition) is 5. The van der Waals surface area contributed by atoms with Crippen molar-refractivity contribution < 1.29 is 4.42 Å². The van der Waals surface area contributed by atoms with Crippen LogP contribution in [0.4, 0.5) is 51.2 Å². The maximum Gasteiger partial charge on any atom is 0.297 e. The predicted octanol–water partition coefficient (Wildman–Crippen LogP) is 14.3. The van der Waals surface area contributed by atoms with E-state index in [1.807, 2.05) is 11.8 Å². The van der Waals surface area contributed by atoms with Crippen molar-refractivity contribution in [1.82, 2.24) is 0 Å². The molecule has 0 spiro atoms. The second-order valence-corrected chi connectivity index (χ2v) is 21.4. The first-order valence-corrected chi connectivity index (χ1v) is 22.8. The molecule has 0 unspecified atom stereocenters. The Labute approximate surface area is 371 Å². The van der Waals surface area contributed by atoms with E-state index in [0.29, 0.717) is 0 Å². The van der Waals surface area contributed by atoms with Crippen molar-refractivity contribution in [3.8, 4) is 0 Å². The van der Waals surface area contributed by atoms with E-state index < -0.39 is 0 Å². The Morgan fingerprint density at radius 2 is 0.968 bits per heavy atom. The molecule has 0 atom stereocenters. The lowest BCUT2D eigenvalue weighted by Gasteiger charge is -2.43. The van der Waals surface area contributed by atoms with Crippen molar-refractivity contribution in [2.45, 2.75) is 88.3 Å². The van der Waals surface area contributed by atoms with Crippen molar-refractivity contribution in [3.05, 3.63) is 168 Å². The van der Waals surface area contributed by atoms with Crippen LogP contribution in [-0.4, -0.2) is 6.71 Å². The average molecular weight is 826 g/mol. The molecule has 0 amide bonds. The summed E-state index contributed by atoms with van der Waals surface area (Å²) in [7, 11) is 0. The van der Waals surface area contributed by atoms with Crippen molar-refractivity contribution in [1.29, 1.82) is 0 Å². The van der Waals surface area contributed by atoms with E-state index >= 15 is 0 Å². The van der Waals surface area contributed by atoms with E-state index in [-0.39, 0.29) is 23.0 Å². The molecule has 0 fully saturated rings. The van der Waals surface area contributed by atoms with Gasteiger partial charge in [-0.25, -0.2) is 0 Å². The minimum absolute atomic E-state index is 0.0274. The first kappa shape index (κ1) is 38.8. The number of hydrogen-bond donors (Lipinski definition) is 0. The molecule has 0 saturated carbocycles. The second kappa shape index (κ2) is 13.7. The largest absolute Gasteiger partial charge is 0.468 e. The summed E-state index contributed by atoms with van der Waals surface area (Å²) < 4.78 is 7.49. The molecule has 3 aliphatic heterocycles. The normalized spacial score (nSPS) is 14.3. The molecule has 4 nitrogen and oxygen atoms in total. The Balaban J connectivity index is 1.20. The fourth-order valence-corrected chi connectivity index (χ4v) is 10.8. The molecule has 306 valence electrons. The van der Waals surface area contributed by atoms with Gasteiger partial charge in [0.15, 0.2) is 0 Å². The van der Waals surface area contributed by atoms with Gasteiger partial charge < -0.3 is 19.1 Å². The van der Waals surface area contributed by atoms with Gasteiger partial charge >= 0.3 is 0 Å². The molecule has 7 aromatic carbocycles. The number of fused-ring (bicyclic) bond motifs is 8. The SMILES string of the molecule is CC(C)(C)c1ccc(N2c3ccc(C(C)(C)C)cc3B3c4oc5cc6c(cc5c4N(c4ccc(C(C)(C)C)cc4)c4cccc2c43)Sc2ccccc2N6c2ccccc2)cc1. The summed E-state index contributed by atoms with van der Waals surface area (Å²) in [5, 5.41) is 1.11. The van der Waals surface area contributed by atoms with Crippen LogP contribution < -0.4 is 31.3 Å². The molecule has 0 N–H and O–H groups in total. The molecule has 1 aromatic heterocycles. The number of furan rings is 1. The minimum Gasteiger partial charge on any atom is -0.468 e. The fourth-order valence-electron chi connectivity index (χ4n) is 9.76. The number of rotatable bonds is 3. The van der Waals surface area contributed by atoms with Crippen LogP contribution in [0.1, 0.15) is 79.0 Å². The molecule has 0 aliphatic carbocycles. The van der Waals surface area contributed by atoms with Crippen LogP contribution in [0.25, 0.3) is 11.0 Å². The van der Waals surface area contributed by atoms with E-state index in [9.17, 15) is 0 Å². The Hall–Kier alpha value is -6.11. The van der Waals surface area contributed by atoms with E-state index in [1.54, 1.807) is 0 Å². The molecule has 62 heavy (non-hydrogen) atoms. The highest BCUT2D eigenvalue weighted by Gasteiger charge is 2.47. The molecule has 0 saturated heterocycles. The van der Waals surface area contributed by atoms with Crippen molar-refractivity contribution >= 4 is 97.2 Å². The van der Waals surface area contributed by atoms with Crippen LogP contribution in [0.15, 0.2) is 166 Å². The number of para-hydroxylation sites is 2. The van der Waals surface area contributed by atoms with Crippen molar-refractivity contribution in [2.75, 3.05) is 14.7 Å². The first-order valence-electron chi connectivity index (χ1n) is 22.0. The van der Waals surface area contributed by atoms with E-state index in [0.717, 1.165) is 45.1 Å². The third kappa shape index (κ3) is 6.05. The van der Waals surface area contributed by atoms with Crippen LogP contribution in [0.5, 0.6) is 0 Å². The summed E-state index contributed by atoms with van der Waals surface area (Å²) in [4.78, 5) is 9.81. The third-order valence-corrected chi connectivity index (χ3v) is 14.2. The zero-order chi connectivity index (χ0) is 42.9. The predicted molar refractivity (Wildman–Crippen MR) is 265 cm³/mol. The molecule has 0 radical (unpaired) electrons. The highest BCUT2D eigenvalue weighted by atomic mass is 32.2. The average Bonchev–Trinajstić information content (AvgIpc) is 3.61. The summed E-state index contributed by atoms with van der Waals surface area (Å²) >= 11 is 1.84. The van der Waals surface area contributed by atoms with Gasteiger partial charge in [0, 0.05) is 55.4 Å². The van der Waals surface area contributed by atoms with Crippen LogP contribution in [0.2, 0.25) is 0 Å². The maximum absolute atomic E-state index is 7.49. The summed E-state index contributed by atoms with van der Waals surface area (Å²) in [6.07, 6.45) is 0. The maximum atomic E-state index is 7.49. The first-order chi connectivity index (χ1) is 29.6. The zero-order valence-electron chi connectivity index (χ0n) is 37.2. The fraction of sp³-hybridized carbons (Fsp3) is 0.214. The van der Waals surface area contributed by atoms with E-state index in [2.05, 4.69) is 229 Å². The summed E-state index contributed by atoms with van der Waals surface area (Å²) in [6, 6.07) is 56.6. The summed E-state index contributed by atoms with van der Waals surface area (Å²) in [6.45, 7) is 20.5. The van der Waals surface area contributed by atoms with Gasteiger partial charge in [-0.2, -0.15) is 0 Å². The summed E-state index contributed by atoms with van der Waals surface area (Å²) in [5.74, 6) is 0. The van der Waals surface area contributed by atoms with Crippen LogP contribution >= 0.6 is 11.8 Å². The minimum atomic E-state index is -0.136. The van der Waals surface area contributed by atoms with E-state index in [4.69, 9.17) is 4.42 Å². The molecule has 4 heterocycles. The molecule has 3 aliphatic rings. The van der Waals surface area contributed by atoms with Gasteiger partial charge in [-0.15, -0.1) is 0 Å². The van der Waals surface area contributed by atoms with Crippen LogP contribution in [0, 0.1) is 0 Å². The Kier molecular flexibility index (Phi) is 8.57. The monoisotopic (exact) mass is 825 g/mol. The van der Waals surface area contributed by atoms with Gasteiger partial charge in [0.05, 0.1) is 22.7 Å². The smallest absolute Gasteiger partial charge is 0.297 e. The molecule has 8 aromatic rings. The Bertz CT molecular complexity index is 3060. The lowest BCUT2D eigenvalue weighted by Crippen LogP contribution is -2.61. The molecule has 11 rings (SSSR count). The number of anilines is 9. The van der Waals surface area contributed by atoms with Crippen molar-refractivity contribution in [3.63, 3.8) is 0 Å².